The van der Waals surface area contributed by atoms with Gasteiger partial charge in [0.05, 0.1) is 36.3 Å². The number of carbonyl (C=O) groups is 8. The molecule has 4 amide bonds. The van der Waals surface area contributed by atoms with E-state index in [0.717, 1.165) is 150 Å². The van der Waals surface area contributed by atoms with Gasteiger partial charge in [-0.2, -0.15) is 0 Å². The summed E-state index contributed by atoms with van der Waals surface area (Å²) in [6, 6.07) is 29.5. The highest BCUT2D eigenvalue weighted by Gasteiger charge is 2.38. The van der Waals surface area contributed by atoms with Gasteiger partial charge in [-0.05, 0) is 169 Å². The first kappa shape index (κ1) is 79.5. The molecule has 4 aliphatic carbocycles. The molecule has 2 saturated heterocycles. The van der Waals surface area contributed by atoms with Crippen molar-refractivity contribution in [1.82, 2.24) is 26.2 Å². The van der Waals surface area contributed by atoms with E-state index in [4.69, 9.17) is 23.1 Å². The van der Waals surface area contributed by atoms with Crippen molar-refractivity contribution < 1.29 is 80.8 Å². The number of aliphatic carboxylic acids is 1. The van der Waals surface area contributed by atoms with Gasteiger partial charge in [0.25, 0.3) is 12.4 Å². The van der Waals surface area contributed by atoms with Crippen LogP contribution in [0.15, 0.2) is 166 Å². The minimum atomic E-state index is -1.17. The third-order valence-electron chi connectivity index (χ3n) is 19.3. The molecule has 0 atom stereocenters. The van der Waals surface area contributed by atoms with Gasteiger partial charge in [-0.1, -0.05) is 135 Å². The fourth-order valence-electron chi connectivity index (χ4n) is 13.3. The number of carboxylic acids is 1. The number of nitrogens with zero attached hydrogens (tertiary/aromatic N) is 2. The highest BCUT2D eigenvalue weighted by molar-refractivity contribution is 9.10. The van der Waals surface area contributed by atoms with Crippen molar-refractivity contribution in [3.63, 3.8) is 0 Å². The number of hydrogen-bond acceptors (Lipinski definition) is 18. The Kier molecular flexibility index (Phi) is 32.2. The molecule has 0 bridgehead atoms. The SMILES string of the molecule is Cc1ccc(C2(O)CCN(C(=O)/C(=C/c3ccco3)NC(=O)C3CCCCC3)CC2)cc1.O=C(O)/C(=C/c1ccco1)NC(=O)C1CCCCC1.O=C1OC(C2CCCCC2)=N/C1=C\c1ccco1.O=COCNC(=O)C1CCCCC1.O=Cc1ccco1.OC1(c2ccc(Br)cc2)CCNCC1. The highest BCUT2D eigenvalue weighted by atomic mass is 79.9. The maximum absolute atomic E-state index is 13.4. The number of amides is 4. The number of aliphatic hydroxyl groups is 2. The highest BCUT2D eigenvalue weighted by Crippen LogP contribution is 2.35. The van der Waals surface area contributed by atoms with Crippen LogP contribution in [0.4, 0.5) is 0 Å². The van der Waals surface area contributed by atoms with Crippen molar-refractivity contribution in [2.75, 3.05) is 32.9 Å². The van der Waals surface area contributed by atoms with E-state index in [1.807, 2.05) is 55.5 Å². The van der Waals surface area contributed by atoms with Crippen molar-refractivity contribution in [2.45, 2.75) is 172 Å². The van der Waals surface area contributed by atoms with Crippen LogP contribution in [0.2, 0.25) is 0 Å². The number of halogens is 1. The number of likely N-dealkylation sites (tertiary alicyclic amines) is 1. The smallest absolute Gasteiger partial charge is 0.363 e. The average Bonchev–Trinajstić information content (AvgIpc) is 1.82. The van der Waals surface area contributed by atoms with Gasteiger partial charge in [0, 0.05) is 59.5 Å². The molecule has 23 nitrogen and oxygen atoms in total. The number of aryl methyl sites for hydroxylation is 1. The molecule has 4 saturated carbocycles. The van der Waals surface area contributed by atoms with E-state index in [1.54, 1.807) is 78.1 Å². The number of cyclic esters (lactones) is 1. The molecule has 2 aromatic carbocycles. The van der Waals surface area contributed by atoms with Crippen LogP contribution < -0.4 is 21.3 Å². The normalized spacial score (nSPS) is 19.0. The summed E-state index contributed by atoms with van der Waals surface area (Å²) in [5.74, 6) is 0.765. The molecule has 0 unspecified atom stereocenters. The van der Waals surface area contributed by atoms with Crippen LogP contribution in [0.25, 0.3) is 18.2 Å². The number of carbonyl (C=O) groups excluding carboxylic acids is 7. The molecule has 7 N–H and O–H groups in total. The molecule has 0 radical (unpaired) electrons. The van der Waals surface area contributed by atoms with Gasteiger partial charge in [0.2, 0.25) is 23.6 Å². The summed E-state index contributed by atoms with van der Waals surface area (Å²) < 4.78 is 30.9. The number of furan rings is 4. The van der Waals surface area contributed by atoms with E-state index in [9.17, 15) is 48.6 Å². The molecule has 3 aliphatic heterocycles. The average molecular weight is 1480 g/mol. The Morgan fingerprint density at radius 1 is 0.583 bits per heavy atom. The third kappa shape index (κ3) is 25.9. The van der Waals surface area contributed by atoms with E-state index in [-0.39, 0.29) is 65.5 Å². The van der Waals surface area contributed by atoms with Gasteiger partial charge in [0.15, 0.2) is 24.5 Å². The van der Waals surface area contributed by atoms with Crippen molar-refractivity contribution >= 4 is 88.4 Å². The van der Waals surface area contributed by atoms with E-state index < -0.39 is 17.2 Å². The first-order valence-electron chi connectivity index (χ1n) is 35.9. The number of ether oxygens (including phenoxy) is 2. The zero-order valence-corrected chi connectivity index (χ0v) is 60.2. The number of esters is 1. The van der Waals surface area contributed by atoms with Crippen LogP contribution in [0, 0.1) is 30.6 Å². The molecule has 0 spiro atoms. The van der Waals surface area contributed by atoms with Gasteiger partial charge in [-0.25, -0.2) is 14.6 Å². The second kappa shape index (κ2) is 41.8. The lowest BCUT2D eigenvalue weighted by Gasteiger charge is -2.39. The molecule has 6 fully saturated rings. The summed E-state index contributed by atoms with van der Waals surface area (Å²) >= 11 is 3.39. The molecule has 103 heavy (non-hydrogen) atoms. The number of hydrogen-bond donors (Lipinski definition) is 7. The zero-order valence-electron chi connectivity index (χ0n) is 58.6. The Labute approximate surface area is 609 Å². The number of rotatable bonds is 17. The van der Waals surface area contributed by atoms with Crippen molar-refractivity contribution in [1.29, 1.82) is 0 Å². The second-order valence-corrected chi connectivity index (χ2v) is 27.6. The number of carboxylic acid groups (broad SMARTS) is 1. The van der Waals surface area contributed by atoms with E-state index in [2.05, 4.69) is 51.3 Å². The van der Waals surface area contributed by atoms with Crippen LogP contribution in [-0.4, -0.2) is 107 Å². The quantitative estimate of drug-likeness (QED) is 0.0147. The monoisotopic (exact) mass is 1480 g/mol. The zero-order chi connectivity index (χ0) is 73.2. The molecule has 24 heteroatoms. The predicted octanol–water partition coefficient (Wildman–Crippen LogP) is 13.6. The lowest BCUT2D eigenvalue weighted by Crippen LogP contribution is -2.47. The van der Waals surface area contributed by atoms with Crippen LogP contribution >= 0.6 is 15.9 Å². The van der Waals surface area contributed by atoms with Gasteiger partial charge in [-0.15, -0.1) is 0 Å². The summed E-state index contributed by atoms with van der Waals surface area (Å²) in [4.78, 5) is 98.0. The lowest BCUT2D eigenvalue weighted by molar-refractivity contribution is -0.135. The maximum atomic E-state index is 13.4. The molecule has 7 aliphatic rings. The molecular formula is C79H97BrN6O17. The maximum Gasteiger partial charge on any atom is 0.363 e. The number of nitrogens with one attached hydrogen (secondary N) is 4. The van der Waals surface area contributed by atoms with Gasteiger partial charge >= 0.3 is 11.9 Å². The molecule has 13 rings (SSSR count). The van der Waals surface area contributed by atoms with E-state index in [1.165, 1.54) is 44.3 Å². The first-order valence-corrected chi connectivity index (χ1v) is 36.7. The van der Waals surface area contributed by atoms with Crippen molar-refractivity contribution in [3.8, 4) is 0 Å². The number of aliphatic imine (C=N–C) groups is 1. The largest absolute Gasteiger partial charge is 0.477 e. The minimum Gasteiger partial charge on any atom is -0.477 e. The Morgan fingerprint density at radius 3 is 1.48 bits per heavy atom. The predicted molar refractivity (Wildman–Crippen MR) is 389 cm³/mol. The Bertz CT molecular complexity index is 3710. The number of piperidine rings is 2. The topological polar surface area (TPSA) is 332 Å². The summed E-state index contributed by atoms with van der Waals surface area (Å²) in [5.41, 5.74) is 1.92. The molecule has 6 aromatic rings. The van der Waals surface area contributed by atoms with Crippen LogP contribution in [0.3, 0.4) is 0 Å². The number of aldehydes is 1. The lowest BCUT2D eigenvalue weighted by atomic mass is 9.84. The van der Waals surface area contributed by atoms with Gasteiger partial charge in [0.1, 0.15) is 28.7 Å². The fourth-order valence-corrected chi connectivity index (χ4v) is 13.6. The van der Waals surface area contributed by atoms with E-state index >= 15 is 0 Å². The summed E-state index contributed by atoms with van der Waals surface area (Å²) in [6.07, 6.45) is 34.8. The summed E-state index contributed by atoms with van der Waals surface area (Å²) in [7, 11) is 0. The Morgan fingerprint density at radius 2 is 1.02 bits per heavy atom. The first-order chi connectivity index (χ1) is 49.9. The van der Waals surface area contributed by atoms with Gasteiger partial charge < -0.3 is 68.6 Å². The number of benzene rings is 2. The van der Waals surface area contributed by atoms with Crippen molar-refractivity contribution in [2.24, 2.45) is 28.7 Å². The molecule has 552 valence electrons. The Balaban J connectivity index is 0.000000165. The Hall–Kier alpha value is -9.23. The molecule has 7 heterocycles. The minimum absolute atomic E-state index is 0.00116. The summed E-state index contributed by atoms with van der Waals surface area (Å²) in [5, 5.41) is 41.8. The standard InChI is InChI=1S/C26H32N2O4.C14H17NO4.C14H15NO3.C11H14BrNO.C9H15NO3.C5H4O2/c1-19-9-11-21(12-10-19)26(31)13-15-28(16-14-26)25(30)23(18-22-8-5-17-32-22)27-24(29)20-6-3-2-4-7-20;16-13(10-5-2-1-3-6-10)15-12(14(17)18)9-11-7-4-8-19-11;16-14-12(9-11-7-4-8-17-11)15-13(18-14)10-5-2-1-3-6-10;12-10-3-1-9(2-4-10)11(14)5-7-13-8-6-11;11-7-13-6-10-9(12)8-4-2-1-3-5-8;6-4-5-2-1-3-7-5/h5,8-12,17-18,20,31H,2-4,6-7,13-16H2,1H3,(H,27,29);4,7-10H,1-3,5-6H2,(H,15,16)(H,17,18);4,7-10H,1-3,5-6H2;1-4,13-14H,5-8H2;7-8H,1-6H2,(H,10,12);1-4H/b23-18-;2*12-9-;;;. The van der Waals surface area contributed by atoms with Gasteiger partial charge in [-0.3, -0.25) is 28.8 Å². The van der Waals surface area contributed by atoms with Crippen molar-refractivity contribution in [3.05, 3.63) is 183 Å². The van der Waals surface area contributed by atoms with Crippen LogP contribution in [-0.2, 0) is 54.2 Å². The molecule has 4 aromatic heterocycles. The van der Waals surface area contributed by atoms with E-state index in [0.29, 0.717) is 79.2 Å². The summed E-state index contributed by atoms with van der Waals surface area (Å²) in [6.45, 7) is 4.97. The fraction of sp³-hybridized carbons (Fsp3) is 0.456. The van der Waals surface area contributed by atoms with Crippen LogP contribution in [0.5, 0.6) is 0 Å². The second-order valence-electron chi connectivity index (χ2n) is 26.7. The van der Waals surface area contributed by atoms with Crippen LogP contribution in [0.1, 0.15) is 199 Å². The molecular weight excluding hydrogens is 1380 g/mol. The third-order valence-corrected chi connectivity index (χ3v) is 19.8.